The zero-order valence-corrected chi connectivity index (χ0v) is 17.0. The standard InChI is InChI=1S/C24H23N3O4/c1-2-23(28)26-14-6-7-18(16-26)27-22(24(29)30)15-21(25-27)17-10-12-20(13-11-17)31-19-8-4-3-5-9-19/h2-5,8-13,15,18H,1,6-7,14,16H2,(H,29,30). The van der Waals surface area contributed by atoms with Gasteiger partial charge >= 0.3 is 5.97 Å². The topological polar surface area (TPSA) is 84.7 Å². The monoisotopic (exact) mass is 417 g/mol. The first-order chi connectivity index (χ1) is 15.0. The number of hydrogen-bond donors (Lipinski definition) is 1. The average Bonchev–Trinajstić information content (AvgIpc) is 3.26. The van der Waals surface area contributed by atoms with Gasteiger partial charge in [-0.2, -0.15) is 5.10 Å². The molecule has 7 nitrogen and oxygen atoms in total. The van der Waals surface area contributed by atoms with E-state index in [4.69, 9.17) is 4.74 Å². The first-order valence-electron chi connectivity index (χ1n) is 10.1. The highest BCUT2D eigenvalue weighted by molar-refractivity contribution is 5.88. The number of carbonyl (C=O) groups is 2. The van der Waals surface area contributed by atoms with Crippen molar-refractivity contribution in [1.82, 2.24) is 14.7 Å². The van der Waals surface area contributed by atoms with Crippen LogP contribution in [-0.2, 0) is 4.79 Å². The van der Waals surface area contributed by atoms with E-state index in [9.17, 15) is 14.7 Å². The third kappa shape index (κ3) is 4.50. The van der Waals surface area contributed by atoms with E-state index >= 15 is 0 Å². The van der Waals surface area contributed by atoms with Gasteiger partial charge in [0.2, 0.25) is 5.91 Å². The second kappa shape index (κ2) is 8.87. The summed E-state index contributed by atoms with van der Waals surface area (Å²) in [5.74, 6) is 0.222. The van der Waals surface area contributed by atoms with E-state index in [1.165, 1.54) is 10.8 Å². The van der Waals surface area contributed by atoms with Gasteiger partial charge in [-0.25, -0.2) is 4.79 Å². The van der Waals surface area contributed by atoms with Gasteiger partial charge in [0.15, 0.2) is 0 Å². The lowest BCUT2D eigenvalue weighted by Crippen LogP contribution is -2.40. The fraction of sp³-hybridized carbons (Fsp3) is 0.208. The van der Waals surface area contributed by atoms with Crippen LogP contribution in [0.5, 0.6) is 11.5 Å². The number of likely N-dealkylation sites (tertiary alicyclic amines) is 1. The molecule has 1 amide bonds. The third-order valence-corrected chi connectivity index (χ3v) is 5.31. The summed E-state index contributed by atoms with van der Waals surface area (Å²) < 4.78 is 7.35. The summed E-state index contributed by atoms with van der Waals surface area (Å²) in [5.41, 5.74) is 1.46. The van der Waals surface area contributed by atoms with Gasteiger partial charge in [0, 0.05) is 18.7 Å². The summed E-state index contributed by atoms with van der Waals surface area (Å²) in [5, 5.41) is 14.3. The Labute approximate surface area is 180 Å². The summed E-state index contributed by atoms with van der Waals surface area (Å²) in [6.07, 6.45) is 2.82. The predicted molar refractivity (Wildman–Crippen MR) is 116 cm³/mol. The van der Waals surface area contributed by atoms with Crippen molar-refractivity contribution in [2.45, 2.75) is 18.9 Å². The molecule has 1 aliphatic rings. The van der Waals surface area contributed by atoms with Crippen molar-refractivity contribution >= 4 is 11.9 Å². The molecular formula is C24H23N3O4. The molecule has 2 heterocycles. The van der Waals surface area contributed by atoms with Gasteiger partial charge in [0.05, 0.1) is 11.7 Å². The zero-order chi connectivity index (χ0) is 21.8. The maximum Gasteiger partial charge on any atom is 0.354 e. The molecule has 4 rings (SSSR count). The number of aromatic carboxylic acids is 1. The Kier molecular flexibility index (Phi) is 5.84. The zero-order valence-electron chi connectivity index (χ0n) is 17.0. The van der Waals surface area contributed by atoms with E-state index in [1.807, 2.05) is 54.6 Å². The molecule has 0 aliphatic carbocycles. The molecule has 1 atom stereocenters. The van der Waals surface area contributed by atoms with E-state index in [-0.39, 0.29) is 17.6 Å². The van der Waals surface area contributed by atoms with E-state index < -0.39 is 5.97 Å². The first kappa shape index (κ1) is 20.4. The van der Waals surface area contributed by atoms with E-state index in [0.29, 0.717) is 24.5 Å². The van der Waals surface area contributed by atoms with Gasteiger partial charge < -0.3 is 14.7 Å². The molecule has 1 saturated heterocycles. The summed E-state index contributed by atoms with van der Waals surface area (Å²) >= 11 is 0. The molecule has 1 fully saturated rings. The molecule has 1 N–H and O–H groups in total. The number of aromatic nitrogens is 2. The molecule has 1 unspecified atom stereocenters. The Morgan fingerprint density at radius 1 is 1.10 bits per heavy atom. The van der Waals surface area contributed by atoms with Crippen LogP contribution in [-0.4, -0.2) is 44.8 Å². The molecule has 2 aromatic carbocycles. The maximum absolute atomic E-state index is 12.0. The molecule has 0 saturated carbocycles. The number of carbonyl (C=O) groups excluding carboxylic acids is 1. The van der Waals surface area contributed by atoms with Crippen molar-refractivity contribution in [1.29, 1.82) is 0 Å². The van der Waals surface area contributed by atoms with Crippen molar-refractivity contribution in [3.63, 3.8) is 0 Å². The SMILES string of the molecule is C=CC(=O)N1CCCC(n2nc(-c3ccc(Oc4ccccc4)cc3)cc2C(=O)O)C1. The molecule has 7 heteroatoms. The van der Waals surface area contributed by atoms with Gasteiger partial charge in [0.25, 0.3) is 0 Å². The number of benzene rings is 2. The molecule has 158 valence electrons. The largest absolute Gasteiger partial charge is 0.477 e. The van der Waals surface area contributed by atoms with Crippen LogP contribution in [0.1, 0.15) is 29.4 Å². The normalized spacial score (nSPS) is 16.0. The number of hydrogen-bond acceptors (Lipinski definition) is 4. The predicted octanol–water partition coefficient (Wildman–Crippen LogP) is 4.39. The van der Waals surface area contributed by atoms with Crippen molar-refractivity contribution in [3.8, 4) is 22.8 Å². The molecule has 0 radical (unpaired) electrons. The molecule has 0 bridgehead atoms. The van der Waals surface area contributed by atoms with Crippen LogP contribution in [0, 0.1) is 0 Å². The summed E-state index contributed by atoms with van der Waals surface area (Å²) in [6, 6.07) is 18.2. The molecule has 3 aromatic rings. The lowest BCUT2D eigenvalue weighted by atomic mass is 10.1. The van der Waals surface area contributed by atoms with Gasteiger partial charge in [-0.15, -0.1) is 0 Å². The van der Waals surface area contributed by atoms with Crippen LogP contribution in [0.15, 0.2) is 73.3 Å². The highest BCUT2D eigenvalue weighted by Gasteiger charge is 2.28. The van der Waals surface area contributed by atoms with Crippen LogP contribution in [0.3, 0.4) is 0 Å². The average molecular weight is 417 g/mol. The number of para-hydroxylation sites is 1. The fourth-order valence-corrected chi connectivity index (χ4v) is 3.78. The number of carboxylic acids is 1. The second-order valence-electron chi connectivity index (χ2n) is 7.39. The Balaban J connectivity index is 1.57. The van der Waals surface area contributed by atoms with Crippen molar-refractivity contribution in [2.75, 3.05) is 13.1 Å². The molecule has 31 heavy (non-hydrogen) atoms. The Bertz CT molecular complexity index is 1090. The molecule has 0 spiro atoms. The third-order valence-electron chi connectivity index (χ3n) is 5.31. The van der Waals surface area contributed by atoms with Gasteiger partial charge in [0.1, 0.15) is 17.2 Å². The molecular weight excluding hydrogens is 394 g/mol. The number of piperidine rings is 1. The molecule has 1 aromatic heterocycles. The quantitative estimate of drug-likeness (QED) is 0.601. The van der Waals surface area contributed by atoms with Crippen LogP contribution in [0.2, 0.25) is 0 Å². The summed E-state index contributed by atoms with van der Waals surface area (Å²) in [4.78, 5) is 25.5. The minimum absolute atomic E-state index is 0.109. The highest BCUT2D eigenvalue weighted by atomic mass is 16.5. The Hall–Kier alpha value is -3.87. The lowest BCUT2D eigenvalue weighted by molar-refractivity contribution is -0.127. The van der Waals surface area contributed by atoms with Crippen LogP contribution in [0.4, 0.5) is 0 Å². The van der Waals surface area contributed by atoms with Crippen LogP contribution in [0.25, 0.3) is 11.3 Å². The minimum atomic E-state index is -1.05. The highest BCUT2D eigenvalue weighted by Crippen LogP contribution is 2.29. The van der Waals surface area contributed by atoms with Crippen LogP contribution < -0.4 is 4.74 Å². The summed E-state index contributed by atoms with van der Waals surface area (Å²) in [6.45, 7) is 4.59. The Morgan fingerprint density at radius 3 is 2.48 bits per heavy atom. The van der Waals surface area contributed by atoms with Crippen molar-refractivity contribution < 1.29 is 19.4 Å². The van der Waals surface area contributed by atoms with Crippen molar-refractivity contribution in [2.24, 2.45) is 0 Å². The van der Waals surface area contributed by atoms with Gasteiger partial charge in [-0.3, -0.25) is 9.48 Å². The number of nitrogens with zero attached hydrogens (tertiary/aromatic N) is 3. The van der Waals surface area contributed by atoms with Gasteiger partial charge in [-0.05, 0) is 61.4 Å². The van der Waals surface area contributed by atoms with E-state index in [2.05, 4.69) is 11.7 Å². The lowest BCUT2D eigenvalue weighted by Gasteiger charge is -2.32. The number of carboxylic acid groups (broad SMARTS) is 1. The Morgan fingerprint density at radius 2 is 1.81 bits per heavy atom. The summed E-state index contributed by atoms with van der Waals surface area (Å²) in [7, 11) is 0. The van der Waals surface area contributed by atoms with Crippen molar-refractivity contribution in [3.05, 3.63) is 79.0 Å². The van der Waals surface area contributed by atoms with E-state index in [1.54, 1.807) is 11.0 Å². The van der Waals surface area contributed by atoms with E-state index in [0.717, 1.165) is 24.2 Å². The number of amides is 1. The maximum atomic E-state index is 12.0. The minimum Gasteiger partial charge on any atom is -0.477 e. The number of rotatable bonds is 6. The first-order valence-corrected chi connectivity index (χ1v) is 10.1. The second-order valence-corrected chi connectivity index (χ2v) is 7.39. The smallest absolute Gasteiger partial charge is 0.354 e. The molecule has 1 aliphatic heterocycles. The van der Waals surface area contributed by atoms with Gasteiger partial charge in [-0.1, -0.05) is 24.8 Å². The fourth-order valence-electron chi connectivity index (χ4n) is 3.78. The number of ether oxygens (including phenoxy) is 1. The van der Waals surface area contributed by atoms with Crippen LogP contribution >= 0.6 is 0 Å².